The van der Waals surface area contributed by atoms with E-state index in [-0.39, 0.29) is 5.69 Å². The summed E-state index contributed by atoms with van der Waals surface area (Å²) in [7, 11) is 3.94. The van der Waals surface area contributed by atoms with E-state index >= 15 is 0 Å². The average molecular weight is 197 g/mol. The highest BCUT2D eigenvalue weighted by Gasteiger charge is 2.09. The SMILES string of the molecule is Cc1cc(C(=O)O)nn1CCN(C)C. The van der Waals surface area contributed by atoms with Gasteiger partial charge in [0.15, 0.2) is 5.69 Å². The smallest absolute Gasteiger partial charge is 0.356 e. The van der Waals surface area contributed by atoms with Crippen LogP contribution < -0.4 is 0 Å². The minimum absolute atomic E-state index is 0.112. The molecular weight excluding hydrogens is 182 g/mol. The number of hydrogen-bond acceptors (Lipinski definition) is 3. The third-order valence-corrected chi connectivity index (χ3v) is 1.96. The van der Waals surface area contributed by atoms with Crippen LogP contribution in [0.1, 0.15) is 16.2 Å². The summed E-state index contributed by atoms with van der Waals surface area (Å²) in [5.41, 5.74) is 0.991. The monoisotopic (exact) mass is 197 g/mol. The van der Waals surface area contributed by atoms with Crippen molar-refractivity contribution in [3.05, 3.63) is 17.5 Å². The Balaban J connectivity index is 2.72. The summed E-state index contributed by atoms with van der Waals surface area (Å²) in [6, 6.07) is 1.58. The number of aromatic carboxylic acids is 1. The van der Waals surface area contributed by atoms with E-state index in [1.165, 1.54) is 0 Å². The lowest BCUT2D eigenvalue weighted by Gasteiger charge is -2.09. The van der Waals surface area contributed by atoms with Crippen LogP contribution >= 0.6 is 0 Å². The first kappa shape index (κ1) is 10.7. The zero-order chi connectivity index (χ0) is 10.7. The van der Waals surface area contributed by atoms with Crippen LogP contribution in [0.15, 0.2) is 6.07 Å². The fraction of sp³-hybridized carbons (Fsp3) is 0.556. The van der Waals surface area contributed by atoms with Crippen molar-refractivity contribution in [2.45, 2.75) is 13.5 Å². The van der Waals surface area contributed by atoms with Crippen molar-refractivity contribution < 1.29 is 9.90 Å². The zero-order valence-electron chi connectivity index (χ0n) is 8.69. The normalized spacial score (nSPS) is 10.9. The van der Waals surface area contributed by atoms with Gasteiger partial charge in [0.2, 0.25) is 0 Å². The number of carbonyl (C=O) groups is 1. The van der Waals surface area contributed by atoms with Gasteiger partial charge in [-0.1, -0.05) is 0 Å². The van der Waals surface area contributed by atoms with Gasteiger partial charge in [-0.3, -0.25) is 4.68 Å². The van der Waals surface area contributed by atoms with Crippen LogP contribution in [-0.2, 0) is 6.54 Å². The number of carboxylic acids is 1. The zero-order valence-corrected chi connectivity index (χ0v) is 8.69. The van der Waals surface area contributed by atoms with Crippen molar-refractivity contribution in [1.29, 1.82) is 0 Å². The first-order chi connectivity index (χ1) is 6.50. The molecule has 1 N–H and O–H groups in total. The second-order valence-corrected chi connectivity index (χ2v) is 3.50. The molecular formula is C9H15N3O2. The van der Waals surface area contributed by atoms with Gasteiger partial charge in [0.25, 0.3) is 0 Å². The van der Waals surface area contributed by atoms with E-state index in [0.717, 1.165) is 12.2 Å². The maximum atomic E-state index is 10.6. The Hall–Kier alpha value is -1.36. The van der Waals surface area contributed by atoms with Crippen LogP contribution in [0.3, 0.4) is 0 Å². The van der Waals surface area contributed by atoms with Gasteiger partial charge in [-0.2, -0.15) is 5.10 Å². The summed E-state index contributed by atoms with van der Waals surface area (Å²) in [6.07, 6.45) is 0. The largest absolute Gasteiger partial charge is 0.476 e. The maximum absolute atomic E-state index is 10.6. The Morgan fingerprint density at radius 2 is 2.29 bits per heavy atom. The van der Waals surface area contributed by atoms with Crippen molar-refractivity contribution in [3.63, 3.8) is 0 Å². The van der Waals surface area contributed by atoms with Crippen LogP contribution in [0.4, 0.5) is 0 Å². The Morgan fingerprint density at radius 1 is 1.64 bits per heavy atom. The first-order valence-electron chi connectivity index (χ1n) is 4.43. The highest BCUT2D eigenvalue weighted by Crippen LogP contribution is 2.02. The summed E-state index contributed by atoms with van der Waals surface area (Å²) in [5, 5.41) is 12.7. The molecule has 0 atom stereocenters. The Morgan fingerprint density at radius 3 is 2.71 bits per heavy atom. The Labute approximate surface area is 82.9 Å². The van der Waals surface area contributed by atoms with Gasteiger partial charge in [-0.25, -0.2) is 4.79 Å². The molecule has 0 fully saturated rings. The molecule has 1 aromatic rings. The molecule has 5 nitrogen and oxygen atoms in total. The van der Waals surface area contributed by atoms with Gasteiger partial charge in [0.1, 0.15) is 0 Å². The molecule has 0 aliphatic heterocycles. The summed E-state index contributed by atoms with van der Waals surface area (Å²) in [5.74, 6) is -0.975. The van der Waals surface area contributed by atoms with Crippen molar-refractivity contribution in [3.8, 4) is 0 Å². The molecule has 1 aromatic heterocycles. The van der Waals surface area contributed by atoms with Crippen LogP contribution in [0.2, 0.25) is 0 Å². The Kier molecular flexibility index (Phi) is 3.24. The quantitative estimate of drug-likeness (QED) is 0.761. The van der Waals surface area contributed by atoms with Crippen LogP contribution in [0, 0.1) is 6.92 Å². The van der Waals surface area contributed by atoms with E-state index in [2.05, 4.69) is 5.10 Å². The summed E-state index contributed by atoms with van der Waals surface area (Å²) in [4.78, 5) is 12.6. The first-order valence-corrected chi connectivity index (χ1v) is 4.43. The van der Waals surface area contributed by atoms with Gasteiger partial charge in [-0.05, 0) is 27.1 Å². The lowest BCUT2D eigenvalue weighted by molar-refractivity contribution is 0.0689. The second-order valence-electron chi connectivity index (χ2n) is 3.50. The van der Waals surface area contributed by atoms with E-state index in [1.54, 1.807) is 10.7 Å². The van der Waals surface area contributed by atoms with Gasteiger partial charge >= 0.3 is 5.97 Å². The Bertz CT molecular complexity index is 331. The van der Waals surface area contributed by atoms with Gasteiger partial charge in [0, 0.05) is 12.2 Å². The lowest BCUT2D eigenvalue weighted by Crippen LogP contribution is -2.19. The topological polar surface area (TPSA) is 58.4 Å². The molecule has 5 heteroatoms. The molecule has 0 amide bonds. The second kappa shape index (κ2) is 4.23. The molecule has 0 aliphatic carbocycles. The molecule has 14 heavy (non-hydrogen) atoms. The number of aryl methyl sites for hydroxylation is 1. The molecule has 0 bridgehead atoms. The molecule has 1 rings (SSSR count). The highest BCUT2D eigenvalue weighted by atomic mass is 16.4. The molecule has 78 valence electrons. The van der Waals surface area contributed by atoms with Gasteiger partial charge in [0.05, 0.1) is 6.54 Å². The average Bonchev–Trinajstić information content (AvgIpc) is 2.43. The minimum atomic E-state index is -0.975. The number of nitrogens with zero attached hydrogens (tertiary/aromatic N) is 3. The summed E-state index contributed by atoms with van der Waals surface area (Å²) in [6.45, 7) is 3.42. The van der Waals surface area contributed by atoms with E-state index < -0.39 is 5.97 Å². The predicted octanol–water partition coefficient (Wildman–Crippen LogP) is 0.451. The van der Waals surface area contributed by atoms with Crippen LogP contribution in [0.25, 0.3) is 0 Å². The van der Waals surface area contributed by atoms with E-state index in [0.29, 0.717) is 6.54 Å². The van der Waals surface area contributed by atoms with Gasteiger partial charge in [-0.15, -0.1) is 0 Å². The standard InChI is InChI=1S/C9H15N3O2/c1-7-6-8(9(13)14)10-12(7)5-4-11(2)3/h6H,4-5H2,1-3H3,(H,13,14). The van der Waals surface area contributed by atoms with E-state index in [4.69, 9.17) is 5.11 Å². The molecule has 0 saturated heterocycles. The van der Waals surface area contributed by atoms with Crippen molar-refractivity contribution in [2.24, 2.45) is 0 Å². The number of carboxylic acid groups (broad SMARTS) is 1. The molecule has 0 aliphatic rings. The van der Waals surface area contributed by atoms with Crippen molar-refractivity contribution in [1.82, 2.24) is 14.7 Å². The molecule has 0 saturated carbocycles. The molecule has 0 spiro atoms. The van der Waals surface area contributed by atoms with E-state index in [1.807, 2.05) is 25.9 Å². The lowest BCUT2D eigenvalue weighted by atomic mass is 10.4. The molecule has 0 unspecified atom stereocenters. The van der Waals surface area contributed by atoms with E-state index in [9.17, 15) is 4.79 Å². The number of likely N-dealkylation sites (N-methyl/N-ethyl adjacent to an activating group) is 1. The maximum Gasteiger partial charge on any atom is 0.356 e. The van der Waals surface area contributed by atoms with Crippen LogP contribution in [-0.4, -0.2) is 46.4 Å². The van der Waals surface area contributed by atoms with Crippen LogP contribution in [0.5, 0.6) is 0 Å². The van der Waals surface area contributed by atoms with Crippen molar-refractivity contribution >= 4 is 5.97 Å². The molecule has 0 radical (unpaired) electrons. The fourth-order valence-corrected chi connectivity index (χ4v) is 1.14. The highest BCUT2D eigenvalue weighted by molar-refractivity contribution is 5.85. The molecule has 0 aromatic carbocycles. The third kappa shape index (κ3) is 2.56. The number of rotatable bonds is 4. The minimum Gasteiger partial charge on any atom is -0.476 e. The fourth-order valence-electron chi connectivity index (χ4n) is 1.14. The predicted molar refractivity (Wildman–Crippen MR) is 52.5 cm³/mol. The molecule has 1 heterocycles. The van der Waals surface area contributed by atoms with Crippen molar-refractivity contribution in [2.75, 3.05) is 20.6 Å². The summed E-state index contributed by atoms with van der Waals surface area (Å²) >= 11 is 0. The summed E-state index contributed by atoms with van der Waals surface area (Å²) < 4.78 is 1.71. The third-order valence-electron chi connectivity index (χ3n) is 1.96. The number of hydrogen-bond donors (Lipinski definition) is 1. The van der Waals surface area contributed by atoms with Gasteiger partial charge < -0.3 is 10.0 Å². The number of aromatic nitrogens is 2.